The SMILES string of the molecule is CC(=O)n1cc(/C=C\c2ccc([N+](=O)[O-])cc2)c(-c2ccccc2O)n1. The van der Waals surface area contributed by atoms with Crippen LogP contribution in [0.4, 0.5) is 5.69 Å². The van der Waals surface area contributed by atoms with E-state index < -0.39 is 4.92 Å². The van der Waals surface area contributed by atoms with Gasteiger partial charge in [0.2, 0.25) is 5.91 Å². The number of carbonyl (C=O) groups excluding carboxylic acids is 1. The third-order valence-corrected chi connectivity index (χ3v) is 3.78. The molecule has 1 aromatic heterocycles. The van der Waals surface area contributed by atoms with Crippen LogP contribution in [0.1, 0.15) is 22.8 Å². The number of rotatable bonds is 4. The van der Waals surface area contributed by atoms with Crippen molar-refractivity contribution in [2.75, 3.05) is 0 Å². The van der Waals surface area contributed by atoms with E-state index in [1.807, 2.05) is 0 Å². The quantitative estimate of drug-likeness (QED) is 0.567. The second kappa shape index (κ2) is 7.02. The van der Waals surface area contributed by atoms with E-state index in [9.17, 15) is 20.0 Å². The summed E-state index contributed by atoms with van der Waals surface area (Å²) in [5.74, 6) is -0.192. The molecular weight excluding hydrogens is 334 g/mol. The van der Waals surface area contributed by atoms with Crippen molar-refractivity contribution in [1.29, 1.82) is 0 Å². The van der Waals surface area contributed by atoms with Crippen LogP contribution in [0, 0.1) is 10.1 Å². The molecule has 0 fully saturated rings. The van der Waals surface area contributed by atoms with Crippen molar-refractivity contribution in [3.63, 3.8) is 0 Å². The summed E-state index contributed by atoms with van der Waals surface area (Å²) < 4.78 is 1.21. The van der Waals surface area contributed by atoms with Gasteiger partial charge in [0.1, 0.15) is 11.4 Å². The predicted molar refractivity (Wildman–Crippen MR) is 97.7 cm³/mol. The van der Waals surface area contributed by atoms with Crippen LogP contribution < -0.4 is 0 Å². The van der Waals surface area contributed by atoms with Crippen LogP contribution in [0.2, 0.25) is 0 Å². The first kappa shape index (κ1) is 17.1. The summed E-state index contributed by atoms with van der Waals surface area (Å²) in [7, 11) is 0. The molecule has 0 spiro atoms. The van der Waals surface area contributed by atoms with Crippen molar-refractivity contribution in [2.24, 2.45) is 0 Å². The Bertz CT molecular complexity index is 1000. The highest BCUT2D eigenvalue weighted by molar-refractivity contribution is 5.84. The minimum Gasteiger partial charge on any atom is -0.507 e. The average molecular weight is 349 g/mol. The lowest BCUT2D eigenvalue weighted by Gasteiger charge is -2.02. The fraction of sp³-hybridized carbons (Fsp3) is 0.0526. The summed E-state index contributed by atoms with van der Waals surface area (Å²) in [5.41, 5.74) is 2.39. The van der Waals surface area contributed by atoms with Crippen molar-refractivity contribution in [2.45, 2.75) is 6.92 Å². The maximum absolute atomic E-state index is 11.7. The molecule has 1 N–H and O–H groups in total. The van der Waals surface area contributed by atoms with Crippen LogP contribution in [-0.2, 0) is 0 Å². The van der Waals surface area contributed by atoms with Crippen LogP contribution in [0.25, 0.3) is 23.4 Å². The van der Waals surface area contributed by atoms with E-state index in [4.69, 9.17) is 0 Å². The number of non-ortho nitro benzene ring substituents is 1. The monoisotopic (exact) mass is 349 g/mol. The molecule has 3 rings (SSSR count). The molecule has 0 atom stereocenters. The number of hydrogen-bond donors (Lipinski definition) is 1. The number of nitro benzene ring substituents is 1. The number of nitro groups is 1. The molecule has 7 heteroatoms. The smallest absolute Gasteiger partial charge is 0.269 e. The van der Waals surface area contributed by atoms with Crippen LogP contribution >= 0.6 is 0 Å². The third kappa shape index (κ3) is 3.51. The zero-order chi connectivity index (χ0) is 18.7. The van der Waals surface area contributed by atoms with Gasteiger partial charge in [-0.2, -0.15) is 5.10 Å². The fourth-order valence-electron chi connectivity index (χ4n) is 2.45. The number of nitrogens with zero attached hydrogens (tertiary/aromatic N) is 3. The lowest BCUT2D eigenvalue weighted by Crippen LogP contribution is -2.05. The van der Waals surface area contributed by atoms with E-state index in [0.29, 0.717) is 16.8 Å². The molecule has 7 nitrogen and oxygen atoms in total. The topological polar surface area (TPSA) is 98.3 Å². The number of para-hydroxylation sites is 1. The van der Waals surface area contributed by atoms with E-state index in [2.05, 4.69) is 5.10 Å². The van der Waals surface area contributed by atoms with Gasteiger partial charge >= 0.3 is 0 Å². The summed E-state index contributed by atoms with van der Waals surface area (Å²) in [6.45, 7) is 1.39. The lowest BCUT2D eigenvalue weighted by atomic mass is 10.1. The molecule has 0 aliphatic rings. The summed E-state index contributed by atoms with van der Waals surface area (Å²) in [4.78, 5) is 21.9. The summed E-state index contributed by atoms with van der Waals surface area (Å²) in [5, 5.41) is 25.1. The van der Waals surface area contributed by atoms with Gasteiger partial charge in [-0.1, -0.05) is 24.3 Å². The van der Waals surface area contributed by atoms with Gasteiger partial charge in [-0.25, -0.2) is 4.68 Å². The standard InChI is InChI=1S/C19H15N3O4/c1-13(23)21-12-15(19(20-21)17-4-2-3-5-18(17)24)9-6-14-7-10-16(11-8-14)22(25)26/h2-12,24H,1H3/b9-6-. The fourth-order valence-corrected chi connectivity index (χ4v) is 2.45. The number of aromatic hydroxyl groups is 1. The Hall–Kier alpha value is -3.74. The van der Waals surface area contributed by atoms with Gasteiger partial charge in [0.15, 0.2) is 0 Å². The first-order valence-electron chi connectivity index (χ1n) is 7.77. The number of benzene rings is 2. The maximum atomic E-state index is 11.7. The number of hydrogen-bond acceptors (Lipinski definition) is 5. The molecule has 0 unspecified atom stereocenters. The van der Waals surface area contributed by atoms with Crippen LogP contribution in [0.3, 0.4) is 0 Å². The lowest BCUT2D eigenvalue weighted by molar-refractivity contribution is -0.384. The van der Waals surface area contributed by atoms with Crippen LogP contribution in [0.15, 0.2) is 54.7 Å². The van der Waals surface area contributed by atoms with Gasteiger partial charge in [-0.05, 0) is 29.8 Å². The van der Waals surface area contributed by atoms with Gasteiger partial charge in [-0.15, -0.1) is 0 Å². The van der Waals surface area contributed by atoms with Gasteiger partial charge in [0.25, 0.3) is 5.69 Å². The molecule has 1 heterocycles. The minimum atomic E-state index is -0.458. The van der Waals surface area contributed by atoms with Gasteiger partial charge in [-0.3, -0.25) is 14.9 Å². The number of phenolic OH excluding ortho intramolecular Hbond substituents is 1. The maximum Gasteiger partial charge on any atom is 0.269 e. The minimum absolute atomic E-state index is 0.0152. The molecule has 3 aromatic rings. The molecule has 26 heavy (non-hydrogen) atoms. The highest BCUT2D eigenvalue weighted by atomic mass is 16.6. The molecule has 0 aliphatic heterocycles. The van der Waals surface area contributed by atoms with Crippen molar-refractivity contribution in [3.8, 4) is 17.0 Å². The Morgan fingerprint density at radius 2 is 1.85 bits per heavy atom. The van der Waals surface area contributed by atoms with Crippen molar-refractivity contribution in [1.82, 2.24) is 9.78 Å². The van der Waals surface area contributed by atoms with Crippen molar-refractivity contribution >= 4 is 23.7 Å². The highest BCUT2D eigenvalue weighted by Crippen LogP contribution is 2.31. The molecule has 2 aromatic carbocycles. The molecule has 0 radical (unpaired) electrons. The second-order valence-electron chi connectivity index (χ2n) is 5.60. The second-order valence-corrected chi connectivity index (χ2v) is 5.60. The molecule has 0 amide bonds. The molecule has 130 valence electrons. The molecule has 0 saturated heterocycles. The Morgan fingerprint density at radius 1 is 1.15 bits per heavy atom. The molecular formula is C19H15N3O4. The Balaban J connectivity index is 2.00. The average Bonchev–Trinajstić information content (AvgIpc) is 3.05. The number of phenols is 1. The summed E-state index contributed by atoms with van der Waals surface area (Å²) in [6.07, 6.45) is 5.08. The van der Waals surface area contributed by atoms with Crippen molar-refractivity contribution in [3.05, 3.63) is 76.0 Å². The van der Waals surface area contributed by atoms with E-state index in [0.717, 1.165) is 5.56 Å². The molecule has 0 bridgehead atoms. The Kier molecular flexibility index (Phi) is 4.62. The Morgan fingerprint density at radius 3 is 2.46 bits per heavy atom. The predicted octanol–water partition coefficient (Wildman–Crippen LogP) is 3.99. The first-order chi connectivity index (χ1) is 12.5. The number of aromatic nitrogens is 2. The van der Waals surface area contributed by atoms with E-state index in [1.54, 1.807) is 54.7 Å². The van der Waals surface area contributed by atoms with E-state index in [1.165, 1.54) is 23.7 Å². The normalized spacial score (nSPS) is 11.0. The Labute approximate surface area is 149 Å². The highest BCUT2D eigenvalue weighted by Gasteiger charge is 2.14. The molecule has 0 saturated carbocycles. The van der Waals surface area contributed by atoms with Crippen LogP contribution in [-0.4, -0.2) is 25.7 Å². The largest absolute Gasteiger partial charge is 0.507 e. The first-order valence-corrected chi connectivity index (χ1v) is 7.77. The van der Waals surface area contributed by atoms with Crippen molar-refractivity contribution < 1.29 is 14.8 Å². The van der Waals surface area contributed by atoms with E-state index in [-0.39, 0.29) is 17.3 Å². The van der Waals surface area contributed by atoms with E-state index >= 15 is 0 Å². The van der Waals surface area contributed by atoms with Gasteiger partial charge in [0.05, 0.1) is 4.92 Å². The third-order valence-electron chi connectivity index (χ3n) is 3.78. The van der Waals surface area contributed by atoms with Gasteiger partial charge in [0, 0.05) is 36.4 Å². The summed E-state index contributed by atoms with van der Waals surface area (Å²) >= 11 is 0. The van der Waals surface area contributed by atoms with Crippen LogP contribution in [0.5, 0.6) is 5.75 Å². The zero-order valence-corrected chi connectivity index (χ0v) is 13.9. The summed E-state index contributed by atoms with van der Waals surface area (Å²) in [6, 6.07) is 12.8. The van der Waals surface area contributed by atoms with Gasteiger partial charge < -0.3 is 5.11 Å². The molecule has 0 aliphatic carbocycles. The number of carbonyl (C=O) groups is 1. The zero-order valence-electron chi connectivity index (χ0n) is 13.9.